The van der Waals surface area contributed by atoms with Crippen molar-refractivity contribution < 1.29 is 0 Å². The predicted molar refractivity (Wildman–Crippen MR) is 77.0 cm³/mol. The minimum Gasteiger partial charge on any atom is -0.384 e. The standard InChI is InChI=1S/C13H21NS2/c1-5-14-10-9(11(15)12(10)16)7-6-8-13(2,3)4/h14H,5-8H2,1-4H3. The monoisotopic (exact) mass is 255 g/mol. The molecule has 0 radical (unpaired) electrons. The lowest BCUT2D eigenvalue weighted by molar-refractivity contribution is 0.365. The van der Waals surface area contributed by atoms with Crippen LogP contribution in [0.2, 0.25) is 0 Å². The Bertz CT molecular complexity index is 420. The molecule has 1 aromatic carbocycles. The number of hydrogen-bond acceptors (Lipinski definition) is 3. The Labute approximate surface area is 109 Å². The molecule has 0 amide bonds. The molecule has 16 heavy (non-hydrogen) atoms. The second-order valence-corrected chi connectivity index (χ2v) is 6.27. The molecule has 0 unspecified atom stereocenters. The molecule has 90 valence electrons. The lowest BCUT2D eigenvalue weighted by Crippen LogP contribution is -2.09. The fourth-order valence-electron chi connectivity index (χ4n) is 1.84. The maximum absolute atomic E-state index is 5.29. The molecule has 0 aliphatic heterocycles. The van der Waals surface area contributed by atoms with Gasteiger partial charge >= 0.3 is 0 Å². The van der Waals surface area contributed by atoms with Crippen molar-refractivity contribution in [2.24, 2.45) is 5.41 Å². The Morgan fingerprint density at radius 1 is 1.12 bits per heavy atom. The van der Waals surface area contributed by atoms with Gasteiger partial charge in [-0.3, -0.25) is 0 Å². The van der Waals surface area contributed by atoms with Crippen molar-refractivity contribution >= 4 is 30.1 Å². The number of hydrogen-bond donors (Lipinski definition) is 1. The molecule has 1 N–H and O–H groups in total. The van der Waals surface area contributed by atoms with Gasteiger partial charge in [0.1, 0.15) is 0 Å². The summed E-state index contributed by atoms with van der Waals surface area (Å²) < 4.78 is 1.78. The van der Waals surface area contributed by atoms with Gasteiger partial charge < -0.3 is 5.32 Å². The molecule has 0 spiro atoms. The lowest BCUT2D eigenvalue weighted by Gasteiger charge is -2.20. The van der Waals surface area contributed by atoms with E-state index in [1.54, 1.807) is 0 Å². The molecule has 1 aromatic rings. The van der Waals surface area contributed by atoms with Gasteiger partial charge in [-0.2, -0.15) is 0 Å². The fourth-order valence-corrected chi connectivity index (χ4v) is 2.46. The van der Waals surface area contributed by atoms with Gasteiger partial charge in [0.25, 0.3) is 0 Å². The molecule has 0 fully saturated rings. The minimum absolute atomic E-state index is 0.408. The SMILES string of the molecule is CCNc1c(CCCC(C)(C)C)c(=S)c1=S. The summed E-state index contributed by atoms with van der Waals surface area (Å²) in [6.07, 6.45) is 3.49. The van der Waals surface area contributed by atoms with Crippen molar-refractivity contribution in [1.82, 2.24) is 0 Å². The van der Waals surface area contributed by atoms with Crippen LogP contribution in [0.25, 0.3) is 0 Å². The van der Waals surface area contributed by atoms with E-state index in [0.717, 1.165) is 27.7 Å². The van der Waals surface area contributed by atoms with Crippen LogP contribution < -0.4 is 5.32 Å². The van der Waals surface area contributed by atoms with Crippen molar-refractivity contribution in [3.05, 3.63) is 14.6 Å². The van der Waals surface area contributed by atoms with Crippen molar-refractivity contribution in [1.29, 1.82) is 0 Å². The van der Waals surface area contributed by atoms with Gasteiger partial charge in [-0.15, -0.1) is 0 Å². The zero-order valence-corrected chi connectivity index (χ0v) is 12.3. The van der Waals surface area contributed by atoms with Crippen LogP contribution in [0.5, 0.6) is 0 Å². The van der Waals surface area contributed by atoms with Gasteiger partial charge in [0.2, 0.25) is 0 Å². The summed E-state index contributed by atoms with van der Waals surface area (Å²) in [4.78, 5) is 0. The highest BCUT2D eigenvalue weighted by Crippen LogP contribution is 2.30. The Hall–Kier alpha value is -0.280. The first kappa shape index (κ1) is 13.8. The highest BCUT2D eigenvalue weighted by Gasteiger charge is 2.15. The molecule has 1 nitrogen and oxygen atoms in total. The van der Waals surface area contributed by atoms with E-state index in [4.69, 9.17) is 24.4 Å². The maximum Gasteiger partial charge on any atom is 0.0796 e. The van der Waals surface area contributed by atoms with Gasteiger partial charge in [-0.25, -0.2) is 0 Å². The average molecular weight is 255 g/mol. The first-order chi connectivity index (χ1) is 7.37. The molecular weight excluding hydrogens is 234 g/mol. The number of nitrogens with one attached hydrogen (secondary N) is 1. The van der Waals surface area contributed by atoms with Crippen LogP contribution in [0, 0.1) is 14.4 Å². The summed E-state index contributed by atoms with van der Waals surface area (Å²) >= 11 is 10.5. The van der Waals surface area contributed by atoms with Crippen molar-refractivity contribution in [2.75, 3.05) is 11.9 Å². The van der Waals surface area contributed by atoms with Crippen molar-refractivity contribution in [2.45, 2.75) is 47.0 Å². The highest BCUT2D eigenvalue weighted by atomic mass is 32.1. The van der Waals surface area contributed by atoms with Crippen LogP contribution in [-0.4, -0.2) is 6.54 Å². The van der Waals surface area contributed by atoms with E-state index in [-0.39, 0.29) is 0 Å². The normalized spacial score (nSPS) is 12.0. The summed E-state index contributed by atoms with van der Waals surface area (Å²) in [5, 5.41) is 3.31. The smallest absolute Gasteiger partial charge is 0.0796 e. The Morgan fingerprint density at radius 2 is 1.75 bits per heavy atom. The van der Waals surface area contributed by atoms with E-state index in [9.17, 15) is 0 Å². The summed E-state index contributed by atoms with van der Waals surface area (Å²) in [5.41, 5.74) is 2.83. The van der Waals surface area contributed by atoms with Crippen LogP contribution in [0.4, 0.5) is 5.69 Å². The summed E-state index contributed by atoms with van der Waals surface area (Å²) in [5.74, 6) is 0. The van der Waals surface area contributed by atoms with Crippen LogP contribution in [0.3, 0.4) is 0 Å². The topological polar surface area (TPSA) is 12.0 Å². The minimum atomic E-state index is 0.408. The van der Waals surface area contributed by atoms with Crippen LogP contribution >= 0.6 is 24.4 Å². The average Bonchev–Trinajstić information content (AvgIpc) is 2.20. The summed E-state index contributed by atoms with van der Waals surface area (Å²) in [7, 11) is 0. The summed E-state index contributed by atoms with van der Waals surface area (Å²) in [6.45, 7) is 9.83. The third kappa shape index (κ3) is 3.36. The van der Waals surface area contributed by atoms with Gasteiger partial charge in [-0.1, -0.05) is 45.2 Å². The Morgan fingerprint density at radius 3 is 2.25 bits per heavy atom. The third-order valence-electron chi connectivity index (χ3n) is 2.72. The van der Waals surface area contributed by atoms with Crippen molar-refractivity contribution in [3.63, 3.8) is 0 Å². The molecule has 0 atom stereocenters. The molecule has 0 aromatic heterocycles. The highest BCUT2D eigenvalue weighted by molar-refractivity contribution is 7.74. The number of rotatable bonds is 5. The van der Waals surface area contributed by atoms with Crippen LogP contribution in [0.15, 0.2) is 0 Å². The van der Waals surface area contributed by atoms with Crippen LogP contribution in [0.1, 0.15) is 46.1 Å². The Kier molecular flexibility index (Phi) is 4.62. The molecule has 0 bridgehead atoms. The van der Waals surface area contributed by atoms with Gasteiger partial charge in [-0.05, 0) is 37.2 Å². The van der Waals surface area contributed by atoms with E-state index in [2.05, 4.69) is 33.0 Å². The summed E-state index contributed by atoms with van der Waals surface area (Å²) in [6, 6.07) is 0. The maximum atomic E-state index is 5.29. The molecule has 0 heterocycles. The first-order valence-electron chi connectivity index (χ1n) is 5.93. The van der Waals surface area contributed by atoms with Crippen molar-refractivity contribution in [3.8, 4) is 0 Å². The van der Waals surface area contributed by atoms with E-state index < -0.39 is 0 Å². The van der Waals surface area contributed by atoms with Gasteiger partial charge in [0, 0.05) is 6.54 Å². The molecule has 3 heteroatoms. The number of anilines is 1. The first-order valence-corrected chi connectivity index (χ1v) is 6.74. The molecule has 0 aliphatic rings. The Balaban J connectivity index is 2.58. The van der Waals surface area contributed by atoms with Gasteiger partial charge in [0.15, 0.2) is 0 Å². The second-order valence-electron chi connectivity index (χ2n) is 5.46. The quantitative estimate of drug-likeness (QED) is 0.757. The molecule has 0 aliphatic carbocycles. The van der Waals surface area contributed by atoms with Gasteiger partial charge in [0.05, 0.1) is 14.7 Å². The third-order valence-corrected chi connectivity index (χ3v) is 3.70. The van der Waals surface area contributed by atoms with E-state index in [1.165, 1.54) is 18.4 Å². The molecular formula is C13H21NS2. The molecule has 0 saturated heterocycles. The fraction of sp³-hybridized carbons (Fsp3) is 0.692. The van der Waals surface area contributed by atoms with Crippen LogP contribution in [-0.2, 0) is 6.42 Å². The zero-order chi connectivity index (χ0) is 12.3. The van der Waals surface area contributed by atoms with E-state index in [0.29, 0.717) is 5.41 Å². The predicted octanol–water partition coefficient (Wildman–Crippen LogP) is 4.82. The van der Waals surface area contributed by atoms with E-state index in [1.807, 2.05) is 0 Å². The second kappa shape index (κ2) is 5.37. The lowest BCUT2D eigenvalue weighted by atomic mass is 9.88. The largest absolute Gasteiger partial charge is 0.384 e. The molecule has 1 rings (SSSR count). The zero-order valence-electron chi connectivity index (χ0n) is 10.6. The van der Waals surface area contributed by atoms with E-state index >= 15 is 0 Å². The molecule has 0 saturated carbocycles.